The van der Waals surface area contributed by atoms with Gasteiger partial charge in [-0.15, -0.1) is 0 Å². The minimum absolute atomic E-state index is 0.713. The number of benzene rings is 1. The highest BCUT2D eigenvalue weighted by Crippen LogP contribution is 2.16. The lowest BCUT2D eigenvalue weighted by Crippen LogP contribution is -2.03. The van der Waals surface area contributed by atoms with Crippen molar-refractivity contribution in [2.45, 2.75) is 13.1 Å². The van der Waals surface area contributed by atoms with Crippen molar-refractivity contribution < 1.29 is 0 Å². The van der Waals surface area contributed by atoms with E-state index in [-0.39, 0.29) is 0 Å². The zero-order valence-electron chi connectivity index (χ0n) is 12.2. The van der Waals surface area contributed by atoms with Crippen LogP contribution >= 0.6 is 0 Å². The maximum atomic E-state index is 4.31. The molecule has 0 saturated carbocycles. The molecule has 0 aliphatic carbocycles. The van der Waals surface area contributed by atoms with Crippen LogP contribution in [0.5, 0.6) is 0 Å². The summed E-state index contributed by atoms with van der Waals surface area (Å²) in [5, 5.41) is 6.76. The number of rotatable bonds is 6. The summed E-state index contributed by atoms with van der Waals surface area (Å²) in [6.45, 7) is 1.43. The van der Waals surface area contributed by atoms with E-state index in [1.165, 1.54) is 0 Å². The Morgan fingerprint density at radius 3 is 1.64 bits per heavy atom. The van der Waals surface area contributed by atoms with Crippen molar-refractivity contribution in [3.63, 3.8) is 0 Å². The summed E-state index contributed by atoms with van der Waals surface area (Å²) in [7, 11) is 0. The van der Waals surface area contributed by atoms with Gasteiger partial charge in [0.05, 0.1) is 24.5 Å². The first-order valence-corrected chi connectivity index (χ1v) is 7.28. The van der Waals surface area contributed by atoms with Gasteiger partial charge < -0.3 is 10.6 Å². The second-order valence-electron chi connectivity index (χ2n) is 4.93. The van der Waals surface area contributed by atoms with Gasteiger partial charge in [0.2, 0.25) is 0 Å². The molecule has 0 aliphatic rings. The van der Waals surface area contributed by atoms with Crippen molar-refractivity contribution in [2.75, 3.05) is 10.6 Å². The zero-order valence-corrected chi connectivity index (χ0v) is 12.2. The molecule has 0 spiro atoms. The quantitative estimate of drug-likeness (QED) is 0.727. The third-order valence-corrected chi connectivity index (χ3v) is 3.26. The number of nitrogens with one attached hydrogen (secondary N) is 2. The maximum Gasteiger partial charge on any atom is 0.0594 e. The summed E-state index contributed by atoms with van der Waals surface area (Å²) < 4.78 is 0. The van der Waals surface area contributed by atoms with E-state index >= 15 is 0 Å². The molecule has 2 N–H and O–H groups in total. The van der Waals surface area contributed by atoms with E-state index in [1.807, 2.05) is 54.9 Å². The van der Waals surface area contributed by atoms with Gasteiger partial charge in [-0.2, -0.15) is 0 Å². The smallest absolute Gasteiger partial charge is 0.0594 e. The van der Waals surface area contributed by atoms with Crippen molar-refractivity contribution in [1.82, 2.24) is 9.97 Å². The van der Waals surface area contributed by atoms with Crippen LogP contribution in [-0.2, 0) is 13.1 Å². The summed E-state index contributed by atoms with van der Waals surface area (Å²) in [4.78, 5) is 8.61. The van der Waals surface area contributed by atoms with Crippen molar-refractivity contribution in [3.8, 4) is 0 Å². The molecule has 1 aromatic carbocycles. The second-order valence-corrected chi connectivity index (χ2v) is 4.93. The first kappa shape index (κ1) is 14.1. The van der Waals surface area contributed by atoms with Crippen molar-refractivity contribution in [1.29, 1.82) is 0 Å². The lowest BCUT2D eigenvalue weighted by atomic mass is 10.2. The van der Waals surface area contributed by atoms with Crippen LogP contribution in [-0.4, -0.2) is 9.97 Å². The molecule has 0 amide bonds. The van der Waals surface area contributed by atoms with Gasteiger partial charge in [0, 0.05) is 23.8 Å². The summed E-state index contributed by atoms with van der Waals surface area (Å²) in [5.41, 5.74) is 4.18. The lowest BCUT2D eigenvalue weighted by molar-refractivity contribution is 1.04. The highest BCUT2D eigenvalue weighted by atomic mass is 14.9. The first-order chi connectivity index (χ1) is 10.9. The molecule has 0 radical (unpaired) electrons. The second kappa shape index (κ2) is 7.22. The molecule has 0 fully saturated rings. The molecule has 3 rings (SSSR count). The Morgan fingerprint density at radius 2 is 1.18 bits per heavy atom. The Kier molecular flexibility index (Phi) is 4.62. The Hall–Kier alpha value is -2.88. The van der Waals surface area contributed by atoms with Gasteiger partial charge >= 0.3 is 0 Å². The van der Waals surface area contributed by atoms with Crippen molar-refractivity contribution in [2.24, 2.45) is 0 Å². The molecule has 110 valence electrons. The van der Waals surface area contributed by atoms with Gasteiger partial charge in [-0.25, -0.2) is 0 Å². The van der Waals surface area contributed by atoms with Gasteiger partial charge in [0.15, 0.2) is 0 Å². The summed E-state index contributed by atoms with van der Waals surface area (Å²) >= 11 is 0. The molecule has 2 heterocycles. The molecule has 4 nitrogen and oxygen atoms in total. The molecule has 3 aromatic rings. The molecule has 0 unspecified atom stereocenters. The highest BCUT2D eigenvalue weighted by Gasteiger charge is 1.98. The molecule has 0 saturated heterocycles. The zero-order chi connectivity index (χ0) is 15.0. The molecule has 22 heavy (non-hydrogen) atoms. The van der Waals surface area contributed by atoms with Crippen LogP contribution in [0.1, 0.15) is 11.4 Å². The number of hydrogen-bond donors (Lipinski definition) is 2. The van der Waals surface area contributed by atoms with Gasteiger partial charge in [-0.1, -0.05) is 18.2 Å². The SMILES string of the molecule is c1ccc(CNc2cccc(NCc3ccccn3)c2)nc1. The molecular formula is C18H18N4. The van der Waals surface area contributed by atoms with Crippen LogP contribution in [0, 0.1) is 0 Å². The third-order valence-electron chi connectivity index (χ3n) is 3.26. The fourth-order valence-corrected chi connectivity index (χ4v) is 2.13. The third kappa shape index (κ3) is 4.06. The summed E-state index contributed by atoms with van der Waals surface area (Å²) in [5.74, 6) is 0. The Labute approximate surface area is 130 Å². The van der Waals surface area contributed by atoms with E-state index in [9.17, 15) is 0 Å². The lowest BCUT2D eigenvalue weighted by Gasteiger charge is -2.10. The largest absolute Gasteiger partial charge is 0.379 e. The average Bonchev–Trinajstić information content (AvgIpc) is 2.60. The monoisotopic (exact) mass is 290 g/mol. The van der Waals surface area contributed by atoms with Crippen molar-refractivity contribution >= 4 is 11.4 Å². The topological polar surface area (TPSA) is 49.8 Å². The number of anilines is 2. The standard InChI is InChI=1S/C18H18N4/c1-3-10-19-17(6-1)13-21-15-8-5-9-16(12-15)22-14-18-7-2-4-11-20-18/h1-12,21-22H,13-14H2. The van der Waals surface area contributed by atoms with Gasteiger partial charge in [0.1, 0.15) is 0 Å². The molecule has 0 aliphatic heterocycles. The van der Waals surface area contributed by atoms with Crippen LogP contribution in [0.25, 0.3) is 0 Å². The highest BCUT2D eigenvalue weighted by molar-refractivity contribution is 5.56. The van der Waals surface area contributed by atoms with E-state index in [0.717, 1.165) is 22.8 Å². The summed E-state index contributed by atoms with van der Waals surface area (Å²) in [6, 6.07) is 20.1. The average molecular weight is 290 g/mol. The number of hydrogen-bond acceptors (Lipinski definition) is 4. The van der Waals surface area contributed by atoms with Crippen LogP contribution in [0.4, 0.5) is 11.4 Å². The van der Waals surface area contributed by atoms with Crippen LogP contribution in [0.3, 0.4) is 0 Å². The fourth-order valence-electron chi connectivity index (χ4n) is 2.13. The van der Waals surface area contributed by atoms with Crippen LogP contribution in [0.15, 0.2) is 73.1 Å². The van der Waals surface area contributed by atoms with Crippen LogP contribution in [0.2, 0.25) is 0 Å². The molecule has 2 aromatic heterocycles. The van der Waals surface area contributed by atoms with E-state index < -0.39 is 0 Å². The van der Waals surface area contributed by atoms with Gasteiger partial charge in [-0.05, 0) is 42.5 Å². The van der Waals surface area contributed by atoms with Gasteiger partial charge in [-0.3, -0.25) is 9.97 Å². The molecule has 0 atom stereocenters. The van der Waals surface area contributed by atoms with Crippen molar-refractivity contribution in [3.05, 3.63) is 84.4 Å². The number of pyridine rings is 2. The van der Waals surface area contributed by atoms with E-state index in [4.69, 9.17) is 0 Å². The molecule has 4 heteroatoms. The van der Waals surface area contributed by atoms with E-state index in [0.29, 0.717) is 13.1 Å². The minimum Gasteiger partial charge on any atom is -0.379 e. The predicted molar refractivity (Wildman–Crippen MR) is 89.6 cm³/mol. The Morgan fingerprint density at radius 1 is 0.636 bits per heavy atom. The molecular weight excluding hydrogens is 272 g/mol. The fraction of sp³-hybridized carbons (Fsp3) is 0.111. The number of nitrogens with zero attached hydrogens (tertiary/aromatic N) is 2. The van der Waals surface area contributed by atoms with E-state index in [2.05, 4.69) is 38.8 Å². The summed E-state index contributed by atoms with van der Waals surface area (Å²) in [6.07, 6.45) is 3.61. The van der Waals surface area contributed by atoms with Crippen LogP contribution < -0.4 is 10.6 Å². The maximum absolute atomic E-state index is 4.31. The first-order valence-electron chi connectivity index (χ1n) is 7.28. The predicted octanol–water partition coefficient (Wildman–Crippen LogP) is 3.70. The van der Waals surface area contributed by atoms with Gasteiger partial charge in [0.25, 0.3) is 0 Å². The number of aromatic nitrogens is 2. The normalized spacial score (nSPS) is 10.2. The Bertz CT molecular complexity index is 640. The Balaban J connectivity index is 1.58. The molecule has 0 bridgehead atoms. The minimum atomic E-state index is 0.713. The van der Waals surface area contributed by atoms with E-state index in [1.54, 1.807) is 0 Å².